The Hall–Kier alpha value is -1.04. The highest BCUT2D eigenvalue weighted by Gasteiger charge is 2.25. The molecule has 3 nitrogen and oxygen atoms in total. The highest BCUT2D eigenvalue weighted by molar-refractivity contribution is 5.08. The van der Waals surface area contributed by atoms with Gasteiger partial charge >= 0.3 is 6.18 Å². The number of aromatic nitrogens is 2. The van der Waals surface area contributed by atoms with Gasteiger partial charge in [0.05, 0.1) is 11.4 Å². The van der Waals surface area contributed by atoms with Crippen molar-refractivity contribution in [3.8, 4) is 0 Å². The molecule has 0 saturated heterocycles. The van der Waals surface area contributed by atoms with Gasteiger partial charge in [-0.2, -0.15) is 18.3 Å². The van der Waals surface area contributed by atoms with Gasteiger partial charge < -0.3 is 5.32 Å². The van der Waals surface area contributed by atoms with Gasteiger partial charge in [0.2, 0.25) is 0 Å². The van der Waals surface area contributed by atoms with Crippen molar-refractivity contribution in [2.24, 2.45) is 0 Å². The van der Waals surface area contributed by atoms with Crippen molar-refractivity contribution >= 4 is 0 Å². The summed E-state index contributed by atoms with van der Waals surface area (Å²) in [5.41, 5.74) is 1.94. The topological polar surface area (TPSA) is 29.9 Å². The average Bonchev–Trinajstić information content (AvgIpc) is 2.57. The number of nitrogens with one attached hydrogen (secondary N) is 1. The Kier molecular flexibility index (Phi) is 4.99. The number of aryl methyl sites for hydroxylation is 2. The Labute approximate surface area is 99.0 Å². The fraction of sp³-hybridized carbons (Fsp3) is 0.727. The number of hydrogen-bond donors (Lipinski definition) is 1. The molecule has 0 radical (unpaired) electrons. The SMILES string of the molecule is CCn1nc(C)cc1CNCCCC(F)(F)F. The first-order valence-electron chi connectivity index (χ1n) is 5.73. The first-order valence-corrected chi connectivity index (χ1v) is 5.73. The summed E-state index contributed by atoms with van der Waals surface area (Å²) in [7, 11) is 0. The van der Waals surface area contributed by atoms with Crippen LogP contribution in [0.25, 0.3) is 0 Å². The Morgan fingerprint density at radius 3 is 2.71 bits per heavy atom. The number of rotatable bonds is 6. The zero-order chi connectivity index (χ0) is 12.9. The minimum absolute atomic E-state index is 0.114. The van der Waals surface area contributed by atoms with Gasteiger partial charge in [0.1, 0.15) is 0 Å². The molecular formula is C11H18F3N3. The molecular weight excluding hydrogens is 231 g/mol. The third-order valence-electron chi connectivity index (χ3n) is 2.40. The lowest BCUT2D eigenvalue weighted by Gasteiger charge is -2.08. The van der Waals surface area contributed by atoms with Crippen LogP contribution in [0.4, 0.5) is 13.2 Å². The van der Waals surface area contributed by atoms with Crippen molar-refractivity contribution in [3.05, 3.63) is 17.5 Å². The Morgan fingerprint density at radius 2 is 2.12 bits per heavy atom. The predicted molar refractivity (Wildman–Crippen MR) is 59.6 cm³/mol. The van der Waals surface area contributed by atoms with Gasteiger partial charge in [-0.3, -0.25) is 4.68 Å². The van der Waals surface area contributed by atoms with Crippen molar-refractivity contribution in [2.75, 3.05) is 6.54 Å². The largest absolute Gasteiger partial charge is 0.389 e. The van der Waals surface area contributed by atoms with E-state index >= 15 is 0 Å². The van der Waals surface area contributed by atoms with Crippen LogP contribution >= 0.6 is 0 Å². The maximum Gasteiger partial charge on any atom is 0.389 e. The minimum atomic E-state index is -4.05. The molecule has 0 amide bonds. The third-order valence-corrected chi connectivity index (χ3v) is 2.40. The first-order chi connectivity index (χ1) is 7.92. The van der Waals surface area contributed by atoms with E-state index in [1.165, 1.54) is 0 Å². The second kappa shape index (κ2) is 6.05. The molecule has 0 aromatic carbocycles. The summed E-state index contributed by atoms with van der Waals surface area (Å²) < 4.78 is 37.5. The molecule has 6 heteroatoms. The molecule has 0 fully saturated rings. The number of nitrogens with zero attached hydrogens (tertiary/aromatic N) is 2. The smallest absolute Gasteiger partial charge is 0.311 e. The molecule has 17 heavy (non-hydrogen) atoms. The van der Waals surface area contributed by atoms with E-state index < -0.39 is 12.6 Å². The van der Waals surface area contributed by atoms with Gasteiger partial charge in [-0.1, -0.05) is 0 Å². The molecule has 0 bridgehead atoms. The monoisotopic (exact) mass is 249 g/mol. The second-order valence-electron chi connectivity index (χ2n) is 3.99. The van der Waals surface area contributed by atoms with Crippen molar-refractivity contribution in [3.63, 3.8) is 0 Å². The van der Waals surface area contributed by atoms with Crippen molar-refractivity contribution in [1.29, 1.82) is 0 Å². The summed E-state index contributed by atoms with van der Waals surface area (Å²) in [5, 5.41) is 7.27. The fourth-order valence-electron chi connectivity index (χ4n) is 1.65. The zero-order valence-electron chi connectivity index (χ0n) is 10.1. The van der Waals surface area contributed by atoms with Gasteiger partial charge in [-0.05, 0) is 32.9 Å². The first kappa shape index (κ1) is 14.0. The Bertz CT molecular complexity index is 344. The molecule has 0 atom stereocenters. The van der Waals surface area contributed by atoms with Gasteiger partial charge in [0.15, 0.2) is 0 Å². The molecule has 1 aromatic rings. The van der Waals surface area contributed by atoms with Gasteiger partial charge in [0, 0.05) is 19.5 Å². The molecule has 0 spiro atoms. The van der Waals surface area contributed by atoms with Crippen LogP contribution in [-0.4, -0.2) is 22.5 Å². The summed E-state index contributed by atoms with van der Waals surface area (Å²) >= 11 is 0. The van der Waals surface area contributed by atoms with Crippen molar-refractivity contribution in [1.82, 2.24) is 15.1 Å². The van der Waals surface area contributed by atoms with E-state index in [1.807, 2.05) is 24.6 Å². The van der Waals surface area contributed by atoms with E-state index in [0.29, 0.717) is 13.1 Å². The molecule has 1 rings (SSSR count). The van der Waals surface area contributed by atoms with E-state index in [1.54, 1.807) is 0 Å². The molecule has 0 unspecified atom stereocenters. The lowest BCUT2D eigenvalue weighted by atomic mass is 10.3. The lowest BCUT2D eigenvalue weighted by molar-refractivity contribution is -0.135. The van der Waals surface area contributed by atoms with Crippen molar-refractivity contribution < 1.29 is 13.2 Å². The molecule has 1 heterocycles. The van der Waals surface area contributed by atoms with Crippen LogP contribution in [0.2, 0.25) is 0 Å². The highest BCUT2D eigenvalue weighted by Crippen LogP contribution is 2.20. The quantitative estimate of drug-likeness (QED) is 0.785. The summed E-state index contributed by atoms with van der Waals surface area (Å²) in [6.45, 7) is 5.59. The number of alkyl halides is 3. The summed E-state index contributed by atoms with van der Waals surface area (Å²) in [6, 6.07) is 1.94. The number of halogens is 3. The van der Waals surface area contributed by atoms with E-state index in [-0.39, 0.29) is 6.42 Å². The fourth-order valence-corrected chi connectivity index (χ4v) is 1.65. The molecule has 0 aliphatic rings. The van der Waals surface area contributed by atoms with Crippen molar-refractivity contribution in [2.45, 2.75) is 46.0 Å². The standard InChI is InChI=1S/C11H18F3N3/c1-3-17-10(7-9(2)16-17)8-15-6-4-5-11(12,13)14/h7,15H,3-6,8H2,1-2H3. The van der Waals surface area contributed by atoms with Crippen LogP contribution in [0.3, 0.4) is 0 Å². The van der Waals surface area contributed by atoms with Crippen LogP contribution in [-0.2, 0) is 13.1 Å². The summed E-state index contributed by atoms with van der Waals surface area (Å²) in [6.07, 6.45) is -4.67. The van der Waals surface area contributed by atoms with Crippen LogP contribution in [0, 0.1) is 6.92 Å². The molecule has 0 saturated carbocycles. The normalized spacial score (nSPS) is 12.1. The third kappa shape index (κ3) is 5.21. The van der Waals surface area contributed by atoms with Gasteiger partial charge in [-0.15, -0.1) is 0 Å². The van der Waals surface area contributed by atoms with Crippen LogP contribution in [0.1, 0.15) is 31.2 Å². The average molecular weight is 249 g/mol. The van der Waals surface area contributed by atoms with Gasteiger partial charge in [0.25, 0.3) is 0 Å². The van der Waals surface area contributed by atoms with E-state index in [9.17, 15) is 13.2 Å². The zero-order valence-corrected chi connectivity index (χ0v) is 10.1. The lowest BCUT2D eigenvalue weighted by Crippen LogP contribution is -2.19. The van der Waals surface area contributed by atoms with Crippen LogP contribution < -0.4 is 5.32 Å². The molecule has 0 aliphatic heterocycles. The Balaban J connectivity index is 2.26. The van der Waals surface area contributed by atoms with E-state index in [0.717, 1.165) is 17.9 Å². The molecule has 98 valence electrons. The molecule has 0 aliphatic carbocycles. The maximum atomic E-state index is 11.9. The second-order valence-corrected chi connectivity index (χ2v) is 3.99. The molecule has 1 aromatic heterocycles. The molecule has 1 N–H and O–H groups in total. The van der Waals surface area contributed by atoms with Crippen LogP contribution in [0.15, 0.2) is 6.07 Å². The minimum Gasteiger partial charge on any atom is -0.311 e. The summed E-state index contributed by atoms with van der Waals surface area (Å²) in [4.78, 5) is 0. The predicted octanol–water partition coefficient (Wildman–Crippen LogP) is 2.64. The van der Waals surface area contributed by atoms with E-state index in [2.05, 4.69) is 10.4 Å². The Morgan fingerprint density at radius 1 is 1.41 bits per heavy atom. The van der Waals surface area contributed by atoms with Gasteiger partial charge in [-0.25, -0.2) is 0 Å². The van der Waals surface area contributed by atoms with Crippen LogP contribution in [0.5, 0.6) is 0 Å². The highest BCUT2D eigenvalue weighted by atomic mass is 19.4. The number of hydrogen-bond acceptors (Lipinski definition) is 2. The van der Waals surface area contributed by atoms with E-state index in [4.69, 9.17) is 0 Å². The summed E-state index contributed by atoms with van der Waals surface area (Å²) in [5.74, 6) is 0. The maximum absolute atomic E-state index is 11.9.